The van der Waals surface area contributed by atoms with Crippen LogP contribution in [0.2, 0.25) is 15.1 Å². The van der Waals surface area contributed by atoms with E-state index in [4.69, 9.17) is 34.8 Å². The van der Waals surface area contributed by atoms with E-state index < -0.39 is 22.5 Å². The van der Waals surface area contributed by atoms with Crippen molar-refractivity contribution in [3.8, 4) is 0 Å². The Morgan fingerprint density at radius 1 is 0.909 bits per heavy atom. The number of hydrogen-bond donors (Lipinski definition) is 1. The van der Waals surface area contributed by atoms with Gasteiger partial charge in [-0.3, -0.25) is 9.10 Å². The molecule has 33 heavy (non-hydrogen) atoms. The van der Waals surface area contributed by atoms with Crippen molar-refractivity contribution in [1.82, 2.24) is 5.32 Å². The fourth-order valence-electron chi connectivity index (χ4n) is 2.91. The van der Waals surface area contributed by atoms with Crippen LogP contribution in [0.25, 0.3) is 0 Å². The number of nitrogens with zero attached hydrogens (tertiary/aromatic N) is 1. The minimum atomic E-state index is -4.04. The number of rotatable bonds is 9. The van der Waals surface area contributed by atoms with Crippen molar-refractivity contribution in [3.63, 3.8) is 0 Å². The lowest BCUT2D eigenvalue weighted by atomic mass is 10.2. The Balaban J connectivity index is 1.74. The first-order valence-corrected chi connectivity index (χ1v) is 13.4. The van der Waals surface area contributed by atoms with Gasteiger partial charge in [0, 0.05) is 32.3 Å². The fourth-order valence-corrected chi connectivity index (χ4v) is 5.73. The number of aryl methyl sites for hydroxylation is 1. The Hall–Kier alpha value is -1.90. The summed E-state index contributed by atoms with van der Waals surface area (Å²) in [5, 5.41) is 3.96. The van der Waals surface area contributed by atoms with Crippen molar-refractivity contribution in [2.24, 2.45) is 0 Å². The van der Waals surface area contributed by atoms with Gasteiger partial charge in [-0.05, 0) is 61.5 Å². The maximum absolute atomic E-state index is 13.4. The minimum absolute atomic E-state index is 0.0651. The van der Waals surface area contributed by atoms with Gasteiger partial charge in [0.15, 0.2) is 0 Å². The summed E-state index contributed by atoms with van der Waals surface area (Å²) in [7, 11) is -4.04. The van der Waals surface area contributed by atoms with Gasteiger partial charge >= 0.3 is 0 Å². The van der Waals surface area contributed by atoms with Crippen molar-refractivity contribution in [1.29, 1.82) is 0 Å². The molecule has 0 saturated carbocycles. The zero-order valence-electron chi connectivity index (χ0n) is 17.6. The average molecular weight is 544 g/mol. The molecule has 10 heteroatoms. The van der Waals surface area contributed by atoms with Gasteiger partial charge in [-0.25, -0.2) is 8.42 Å². The molecule has 0 bridgehead atoms. The Morgan fingerprint density at radius 3 is 2.12 bits per heavy atom. The molecule has 0 atom stereocenters. The first-order valence-electron chi connectivity index (χ1n) is 9.86. The summed E-state index contributed by atoms with van der Waals surface area (Å²) in [6, 6.07) is 18.2. The van der Waals surface area contributed by atoms with Crippen molar-refractivity contribution in [3.05, 3.63) is 87.4 Å². The van der Waals surface area contributed by atoms with Crippen molar-refractivity contribution >= 4 is 68.2 Å². The number of amides is 1. The lowest BCUT2D eigenvalue weighted by Crippen LogP contribution is -2.41. The molecule has 0 aromatic heterocycles. The fraction of sp³-hybridized carbons (Fsp3) is 0.174. The van der Waals surface area contributed by atoms with Crippen LogP contribution >= 0.6 is 46.6 Å². The second kappa shape index (κ2) is 11.5. The summed E-state index contributed by atoms with van der Waals surface area (Å²) in [6.45, 7) is 1.81. The summed E-state index contributed by atoms with van der Waals surface area (Å²) >= 11 is 19.6. The monoisotopic (exact) mass is 542 g/mol. The van der Waals surface area contributed by atoms with E-state index in [9.17, 15) is 13.2 Å². The highest BCUT2D eigenvalue weighted by molar-refractivity contribution is 7.99. The van der Waals surface area contributed by atoms with Crippen molar-refractivity contribution < 1.29 is 13.2 Å². The van der Waals surface area contributed by atoms with E-state index in [1.165, 1.54) is 30.3 Å². The van der Waals surface area contributed by atoms with Crippen LogP contribution in [-0.2, 0) is 14.8 Å². The smallest absolute Gasteiger partial charge is 0.264 e. The maximum atomic E-state index is 13.4. The minimum Gasteiger partial charge on any atom is -0.354 e. The van der Waals surface area contributed by atoms with Gasteiger partial charge in [0.1, 0.15) is 6.54 Å². The number of anilines is 1. The number of carbonyl (C=O) groups is 1. The molecule has 0 unspecified atom stereocenters. The third-order valence-electron chi connectivity index (χ3n) is 4.54. The number of nitrogens with one attached hydrogen (secondary N) is 1. The Kier molecular flexibility index (Phi) is 8.95. The largest absolute Gasteiger partial charge is 0.354 e. The van der Waals surface area contributed by atoms with Gasteiger partial charge in [0.25, 0.3) is 10.0 Å². The Bertz CT molecular complexity index is 1200. The highest BCUT2D eigenvalue weighted by atomic mass is 35.5. The van der Waals surface area contributed by atoms with Crippen LogP contribution in [0, 0.1) is 6.92 Å². The van der Waals surface area contributed by atoms with E-state index in [1.807, 2.05) is 19.1 Å². The molecule has 0 radical (unpaired) electrons. The summed E-state index contributed by atoms with van der Waals surface area (Å²) in [6.07, 6.45) is 0. The predicted octanol–water partition coefficient (Wildman–Crippen LogP) is 6.06. The summed E-state index contributed by atoms with van der Waals surface area (Å²) in [5.74, 6) is 0.166. The van der Waals surface area contributed by atoms with Crippen molar-refractivity contribution in [2.75, 3.05) is 23.1 Å². The number of hydrogen-bond acceptors (Lipinski definition) is 4. The van der Waals surface area contributed by atoms with Crippen LogP contribution in [-0.4, -0.2) is 33.2 Å². The van der Waals surface area contributed by atoms with Gasteiger partial charge in [0.05, 0.1) is 10.6 Å². The number of benzene rings is 3. The average Bonchev–Trinajstić information content (AvgIpc) is 2.76. The molecule has 0 aliphatic carbocycles. The van der Waals surface area contributed by atoms with Gasteiger partial charge in [-0.1, -0.05) is 52.5 Å². The molecule has 1 N–H and O–H groups in total. The van der Waals surface area contributed by atoms with E-state index in [0.717, 1.165) is 14.8 Å². The standard InChI is InChI=1S/C23H21Cl3N2O3S2/c1-16-2-8-22(9-3-16)33(30,31)28(20-13-18(25)12-19(26)14-20)15-23(29)27-10-11-32-21-6-4-17(24)5-7-21/h2-9,12-14H,10-11,15H2,1H3,(H,27,29). The number of thioether (sulfide) groups is 1. The molecule has 0 aliphatic rings. The molecule has 0 heterocycles. The summed E-state index contributed by atoms with van der Waals surface area (Å²) in [5.41, 5.74) is 1.13. The lowest BCUT2D eigenvalue weighted by molar-refractivity contribution is -0.119. The highest BCUT2D eigenvalue weighted by Crippen LogP contribution is 2.29. The van der Waals surface area contributed by atoms with E-state index in [1.54, 1.807) is 36.0 Å². The predicted molar refractivity (Wildman–Crippen MR) is 137 cm³/mol. The molecule has 3 aromatic rings. The van der Waals surface area contributed by atoms with Crippen LogP contribution in [0.1, 0.15) is 5.56 Å². The third-order valence-corrected chi connectivity index (χ3v) is 8.03. The van der Waals surface area contributed by atoms with Gasteiger partial charge in [0.2, 0.25) is 5.91 Å². The van der Waals surface area contributed by atoms with Crippen LogP contribution < -0.4 is 9.62 Å². The van der Waals surface area contributed by atoms with Gasteiger partial charge in [-0.15, -0.1) is 11.8 Å². The Labute approximate surface area is 213 Å². The third kappa shape index (κ3) is 7.29. The first-order chi connectivity index (χ1) is 15.6. The van der Waals surface area contributed by atoms with E-state index >= 15 is 0 Å². The second-order valence-electron chi connectivity index (χ2n) is 7.10. The summed E-state index contributed by atoms with van der Waals surface area (Å²) in [4.78, 5) is 13.8. The zero-order chi connectivity index (χ0) is 24.0. The van der Waals surface area contributed by atoms with E-state index in [0.29, 0.717) is 17.3 Å². The molecular formula is C23H21Cl3N2O3S2. The normalized spacial score (nSPS) is 11.3. The van der Waals surface area contributed by atoms with Crippen LogP contribution in [0.3, 0.4) is 0 Å². The highest BCUT2D eigenvalue weighted by Gasteiger charge is 2.27. The second-order valence-corrected chi connectivity index (χ2v) is 11.4. The lowest BCUT2D eigenvalue weighted by Gasteiger charge is -2.24. The van der Waals surface area contributed by atoms with E-state index in [-0.39, 0.29) is 20.6 Å². The molecule has 5 nitrogen and oxygen atoms in total. The molecule has 1 amide bonds. The SMILES string of the molecule is Cc1ccc(S(=O)(=O)N(CC(=O)NCCSc2ccc(Cl)cc2)c2cc(Cl)cc(Cl)c2)cc1. The molecule has 3 rings (SSSR count). The van der Waals surface area contributed by atoms with Crippen molar-refractivity contribution in [2.45, 2.75) is 16.7 Å². The molecule has 0 spiro atoms. The van der Waals surface area contributed by atoms with Crippen LogP contribution in [0.4, 0.5) is 5.69 Å². The molecule has 0 saturated heterocycles. The maximum Gasteiger partial charge on any atom is 0.264 e. The quantitative estimate of drug-likeness (QED) is 0.263. The van der Waals surface area contributed by atoms with Crippen LogP contribution in [0.15, 0.2) is 76.5 Å². The first kappa shape index (κ1) is 25.7. The van der Waals surface area contributed by atoms with E-state index in [2.05, 4.69) is 5.32 Å². The molecule has 0 fully saturated rings. The molecule has 0 aliphatic heterocycles. The Morgan fingerprint density at radius 2 is 1.52 bits per heavy atom. The zero-order valence-corrected chi connectivity index (χ0v) is 21.5. The van der Waals surface area contributed by atoms with Gasteiger partial charge in [-0.2, -0.15) is 0 Å². The summed E-state index contributed by atoms with van der Waals surface area (Å²) < 4.78 is 27.8. The molecule has 3 aromatic carbocycles. The van der Waals surface area contributed by atoms with Gasteiger partial charge < -0.3 is 5.32 Å². The number of carbonyl (C=O) groups excluding carboxylic acids is 1. The topological polar surface area (TPSA) is 66.5 Å². The molecular weight excluding hydrogens is 523 g/mol. The number of sulfonamides is 1. The molecule has 174 valence electrons. The number of halogens is 3. The van der Waals surface area contributed by atoms with Crippen LogP contribution in [0.5, 0.6) is 0 Å².